The second kappa shape index (κ2) is 47.0. The van der Waals surface area contributed by atoms with Crippen LogP contribution in [0.1, 0.15) is 266 Å². The van der Waals surface area contributed by atoms with Gasteiger partial charge in [0.25, 0.3) is 0 Å². The lowest BCUT2D eigenvalue weighted by Crippen LogP contribution is -2.38. The lowest BCUT2D eigenvalue weighted by Gasteiger charge is -2.27. The van der Waals surface area contributed by atoms with Gasteiger partial charge in [-0.25, -0.2) is 0 Å². The molecule has 0 heterocycles. The van der Waals surface area contributed by atoms with Crippen LogP contribution < -0.4 is 0 Å². The highest BCUT2D eigenvalue weighted by atomic mass is 16.5. The molecular weight excluding hydrogens is 845 g/mol. The minimum absolute atomic E-state index is 0.230. The Morgan fingerprint density at radius 1 is 0.388 bits per heavy atom. The van der Waals surface area contributed by atoms with Crippen LogP contribution in [0.5, 0.6) is 0 Å². The van der Waals surface area contributed by atoms with E-state index in [1.54, 1.807) is 0 Å². The van der Waals surface area contributed by atoms with Crippen molar-refractivity contribution in [1.29, 1.82) is 0 Å². The molecule has 0 aromatic rings. The molecule has 400 valence electrons. The summed E-state index contributed by atoms with van der Waals surface area (Å²) in [4.78, 5) is 29.7. The highest BCUT2D eigenvalue weighted by molar-refractivity contribution is 5.74. The van der Waals surface area contributed by atoms with Crippen molar-refractivity contribution in [2.45, 2.75) is 296 Å². The van der Waals surface area contributed by atoms with Crippen LogP contribution in [0, 0.1) is 0 Å². The van der Waals surface area contributed by atoms with Crippen LogP contribution in [0.25, 0.3) is 0 Å². The van der Waals surface area contributed by atoms with Crippen LogP contribution in [0.4, 0.5) is 0 Å². The van der Waals surface area contributed by atoms with Gasteiger partial charge in [0.2, 0.25) is 0 Å². The molecule has 0 fully saturated rings. The van der Waals surface area contributed by atoms with Gasteiger partial charge in [-0.2, -0.15) is 0 Å². The number of aliphatic hydroxyl groups is 5. The van der Waals surface area contributed by atoms with Crippen molar-refractivity contribution in [2.75, 3.05) is 52.5 Å². The van der Waals surface area contributed by atoms with Crippen molar-refractivity contribution in [2.24, 2.45) is 0 Å². The molecule has 0 aliphatic heterocycles. The fourth-order valence-electron chi connectivity index (χ4n) is 9.10. The molecule has 0 amide bonds. The zero-order chi connectivity index (χ0) is 49.6. The van der Waals surface area contributed by atoms with Gasteiger partial charge in [-0.05, 0) is 84.2 Å². The monoisotopic (exact) mass is 957 g/mol. The third-order valence-corrected chi connectivity index (χ3v) is 13.3. The maximum atomic E-state index is 12.6. The van der Waals surface area contributed by atoms with Crippen molar-refractivity contribution in [3.05, 3.63) is 0 Å². The molecule has 4 atom stereocenters. The Morgan fingerprint density at radius 2 is 0.627 bits per heavy atom. The summed E-state index contributed by atoms with van der Waals surface area (Å²) in [5.74, 6) is -1.09. The number of rotatable bonds is 52. The molecule has 0 saturated carbocycles. The van der Waals surface area contributed by atoms with Crippen molar-refractivity contribution >= 4 is 11.9 Å². The van der Waals surface area contributed by atoms with Gasteiger partial charge in [0.1, 0.15) is 0 Å². The van der Waals surface area contributed by atoms with E-state index < -0.39 is 42.0 Å². The number of hydrogen-bond acceptors (Lipinski definition) is 11. The molecule has 0 aliphatic carbocycles. The normalized spacial score (nSPS) is 14.6. The maximum Gasteiger partial charge on any atom is 0.308 e. The molecule has 0 aromatic heterocycles. The smallest absolute Gasteiger partial charge is 0.308 e. The molecule has 11 heteroatoms. The number of esters is 2. The highest BCUT2D eigenvalue weighted by Gasteiger charge is 2.29. The van der Waals surface area contributed by atoms with Crippen molar-refractivity contribution < 1.29 is 44.6 Å². The number of unbranched alkanes of at least 4 members (excludes halogenated alkanes) is 24. The third kappa shape index (κ3) is 45.5. The molecule has 0 aliphatic rings. The van der Waals surface area contributed by atoms with E-state index in [-0.39, 0.29) is 26.1 Å². The molecular formula is C56H112N2O9. The van der Waals surface area contributed by atoms with Gasteiger partial charge >= 0.3 is 11.9 Å². The second-order valence-corrected chi connectivity index (χ2v) is 20.8. The average molecular weight is 958 g/mol. The first-order chi connectivity index (χ1) is 32.3. The van der Waals surface area contributed by atoms with Gasteiger partial charge in [0, 0.05) is 26.2 Å². The molecule has 0 saturated heterocycles. The zero-order valence-corrected chi connectivity index (χ0v) is 44.7. The van der Waals surface area contributed by atoms with E-state index in [0.29, 0.717) is 39.0 Å². The summed E-state index contributed by atoms with van der Waals surface area (Å²) >= 11 is 0. The van der Waals surface area contributed by atoms with Gasteiger partial charge in [-0.1, -0.05) is 182 Å². The minimum atomic E-state index is -1.57. The Bertz CT molecular complexity index is 953. The predicted octanol–water partition coefficient (Wildman–Crippen LogP) is 12.0. The SMILES string of the molecule is CCCCCCCCC(O)CN(CCCCCOC(=O)CC(C)(O)CC(=O)OCCCCCN(CC(O)CCCCCCCC)CC(O)CCCCCCCC)CC(O)CCCCCCCC. The Balaban J connectivity index is 4.64. The fraction of sp³-hybridized carbons (Fsp3) is 0.964. The quantitative estimate of drug-likeness (QED) is 0.0292. The molecule has 67 heavy (non-hydrogen) atoms. The van der Waals surface area contributed by atoms with E-state index in [0.717, 1.165) is 116 Å². The van der Waals surface area contributed by atoms with Crippen LogP contribution in [-0.2, 0) is 19.1 Å². The Labute approximate surface area is 413 Å². The minimum Gasteiger partial charge on any atom is -0.466 e. The largest absolute Gasteiger partial charge is 0.466 e. The van der Waals surface area contributed by atoms with Gasteiger partial charge in [-0.3, -0.25) is 19.4 Å². The standard InChI is InChI=1S/C56H112N2O9/c1-6-10-14-18-22-28-36-50(59)46-57(47-51(60)37-29-23-19-15-11-7-2)40-32-26-34-42-66-54(63)44-56(5,65)45-55(64)67-43-35-27-33-41-58(48-52(61)38-30-24-20-16-12-8-3)49-53(62)39-31-25-21-17-13-9-4/h50-53,59-62,65H,6-49H2,1-5H3. The summed E-state index contributed by atoms with van der Waals surface area (Å²) in [5, 5.41) is 54.3. The van der Waals surface area contributed by atoms with Crippen LogP contribution in [-0.4, -0.2) is 130 Å². The summed E-state index contributed by atoms with van der Waals surface area (Å²) in [6.45, 7) is 14.6. The highest BCUT2D eigenvalue weighted by Crippen LogP contribution is 2.19. The van der Waals surface area contributed by atoms with Crippen molar-refractivity contribution in [3.63, 3.8) is 0 Å². The Hall–Kier alpha value is -1.34. The summed E-state index contributed by atoms with van der Waals surface area (Å²) < 4.78 is 10.9. The molecule has 0 spiro atoms. The number of carbonyl (C=O) groups is 2. The molecule has 11 nitrogen and oxygen atoms in total. The summed E-state index contributed by atoms with van der Waals surface area (Å²) in [6.07, 6.45) is 34.2. The van der Waals surface area contributed by atoms with Gasteiger partial charge in [-0.15, -0.1) is 0 Å². The zero-order valence-electron chi connectivity index (χ0n) is 44.7. The van der Waals surface area contributed by atoms with Crippen LogP contribution in [0.2, 0.25) is 0 Å². The fourth-order valence-corrected chi connectivity index (χ4v) is 9.10. The average Bonchev–Trinajstić information content (AvgIpc) is 3.27. The molecule has 0 aromatic carbocycles. The van der Waals surface area contributed by atoms with Gasteiger partial charge < -0.3 is 35.0 Å². The number of aliphatic hydroxyl groups excluding tert-OH is 4. The van der Waals surface area contributed by atoms with E-state index >= 15 is 0 Å². The lowest BCUT2D eigenvalue weighted by molar-refractivity contribution is -0.154. The molecule has 4 unspecified atom stereocenters. The summed E-state index contributed by atoms with van der Waals surface area (Å²) in [6, 6.07) is 0. The topological polar surface area (TPSA) is 160 Å². The number of hydrogen-bond donors (Lipinski definition) is 5. The molecule has 0 radical (unpaired) electrons. The predicted molar refractivity (Wildman–Crippen MR) is 278 cm³/mol. The summed E-state index contributed by atoms with van der Waals surface area (Å²) in [7, 11) is 0. The van der Waals surface area contributed by atoms with Crippen LogP contribution >= 0.6 is 0 Å². The van der Waals surface area contributed by atoms with Crippen LogP contribution in [0.15, 0.2) is 0 Å². The second-order valence-electron chi connectivity index (χ2n) is 20.8. The van der Waals surface area contributed by atoms with E-state index in [2.05, 4.69) is 37.5 Å². The van der Waals surface area contributed by atoms with Crippen molar-refractivity contribution in [3.8, 4) is 0 Å². The Kier molecular flexibility index (Phi) is 46.1. The maximum absolute atomic E-state index is 12.6. The van der Waals surface area contributed by atoms with Crippen molar-refractivity contribution in [1.82, 2.24) is 9.80 Å². The van der Waals surface area contributed by atoms with E-state index in [1.807, 2.05) is 0 Å². The Morgan fingerprint density at radius 3 is 0.896 bits per heavy atom. The van der Waals surface area contributed by atoms with Gasteiger partial charge in [0.15, 0.2) is 0 Å². The first-order valence-electron chi connectivity index (χ1n) is 28.6. The lowest BCUT2D eigenvalue weighted by atomic mass is 9.98. The molecule has 0 bridgehead atoms. The van der Waals surface area contributed by atoms with Gasteiger partial charge in [0.05, 0.1) is 56.1 Å². The molecule has 5 N–H and O–H groups in total. The van der Waals surface area contributed by atoms with E-state index in [1.165, 1.54) is 110 Å². The first-order valence-corrected chi connectivity index (χ1v) is 28.6. The number of ether oxygens (including phenoxy) is 2. The first kappa shape index (κ1) is 65.7. The summed E-state index contributed by atoms with van der Waals surface area (Å²) in [5.41, 5.74) is -1.57. The molecule has 0 rings (SSSR count). The number of carbonyl (C=O) groups excluding carboxylic acids is 2. The third-order valence-electron chi connectivity index (χ3n) is 13.3. The number of nitrogens with zero attached hydrogens (tertiary/aromatic N) is 2. The van der Waals surface area contributed by atoms with E-state index in [9.17, 15) is 35.1 Å². The van der Waals surface area contributed by atoms with E-state index in [4.69, 9.17) is 9.47 Å². The van der Waals surface area contributed by atoms with Crippen LogP contribution in [0.3, 0.4) is 0 Å².